The van der Waals surface area contributed by atoms with Crippen molar-refractivity contribution < 1.29 is 4.52 Å². The maximum atomic E-state index is 8.52. The van der Waals surface area contributed by atoms with E-state index in [1.807, 2.05) is 6.92 Å². The molecule has 1 saturated carbocycles. The molecular formula is C12H17N3O. The van der Waals surface area contributed by atoms with Gasteiger partial charge in [0.05, 0.1) is 6.07 Å². The molecule has 0 N–H and O–H groups in total. The Bertz CT molecular complexity index is 374. The van der Waals surface area contributed by atoms with Crippen LogP contribution < -0.4 is 0 Å². The quantitative estimate of drug-likeness (QED) is 0.780. The Kier molecular flexibility index (Phi) is 3.55. The summed E-state index contributed by atoms with van der Waals surface area (Å²) in [5.74, 6) is 2.26. The van der Waals surface area contributed by atoms with Crippen LogP contribution in [-0.2, 0) is 0 Å². The topological polar surface area (TPSA) is 62.7 Å². The van der Waals surface area contributed by atoms with E-state index in [0.29, 0.717) is 18.2 Å². The lowest BCUT2D eigenvalue weighted by Gasteiger charge is -2.02. The number of nitriles is 1. The minimum absolute atomic E-state index is 0.197. The predicted octanol–water partition coefficient (Wildman–Crippen LogP) is 3.13. The van der Waals surface area contributed by atoms with Crippen molar-refractivity contribution in [2.75, 3.05) is 0 Å². The van der Waals surface area contributed by atoms with Crippen LogP contribution in [0.25, 0.3) is 0 Å². The number of nitrogens with zero attached hydrogens (tertiary/aromatic N) is 3. The van der Waals surface area contributed by atoms with Gasteiger partial charge in [0.1, 0.15) is 0 Å². The Morgan fingerprint density at radius 2 is 2.25 bits per heavy atom. The number of hydrogen-bond acceptors (Lipinski definition) is 4. The Balaban J connectivity index is 1.98. The molecule has 4 nitrogen and oxygen atoms in total. The first-order chi connectivity index (χ1) is 7.81. The Hall–Kier alpha value is -1.37. The summed E-state index contributed by atoms with van der Waals surface area (Å²) in [7, 11) is 0. The maximum absolute atomic E-state index is 8.52. The minimum Gasteiger partial charge on any atom is -0.339 e. The van der Waals surface area contributed by atoms with E-state index < -0.39 is 0 Å². The van der Waals surface area contributed by atoms with Gasteiger partial charge in [-0.25, -0.2) is 0 Å². The molecule has 1 unspecified atom stereocenters. The van der Waals surface area contributed by atoms with E-state index >= 15 is 0 Å². The highest BCUT2D eigenvalue weighted by Gasteiger charge is 2.23. The molecule has 1 aromatic heterocycles. The van der Waals surface area contributed by atoms with Crippen LogP contribution in [0.15, 0.2) is 4.52 Å². The molecule has 1 aliphatic rings. The second-order valence-corrected chi connectivity index (χ2v) is 4.57. The van der Waals surface area contributed by atoms with Crippen molar-refractivity contribution in [1.29, 1.82) is 5.26 Å². The smallest absolute Gasteiger partial charge is 0.229 e. The van der Waals surface area contributed by atoms with Crippen LogP contribution in [0.5, 0.6) is 0 Å². The molecule has 1 fully saturated rings. The lowest BCUT2D eigenvalue weighted by atomic mass is 10.1. The van der Waals surface area contributed by atoms with Crippen molar-refractivity contribution in [1.82, 2.24) is 10.1 Å². The molecule has 0 spiro atoms. The molecular weight excluding hydrogens is 202 g/mol. The lowest BCUT2D eigenvalue weighted by molar-refractivity contribution is 0.348. The van der Waals surface area contributed by atoms with E-state index in [-0.39, 0.29) is 5.92 Å². The highest BCUT2D eigenvalue weighted by molar-refractivity contribution is 5.00. The van der Waals surface area contributed by atoms with E-state index in [1.165, 1.54) is 25.7 Å². The van der Waals surface area contributed by atoms with Crippen molar-refractivity contribution in [3.63, 3.8) is 0 Å². The van der Waals surface area contributed by atoms with Gasteiger partial charge in [-0.05, 0) is 19.3 Å². The summed E-state index contributed by atoms with van der Waals surface area (Å²) in [6.07, 6.45) is 6.26. The van der Waals surface area contributed by atoms with E-state index in [1.54, 1.807) is 0 Å². The van der Waals surface area contributed by atoms with E-state index in [9.17, 15) is 0 Å². The normalized spacial score (nSPS) is 18.5. The van der Waals surface area contributed by atoms with Gasteiger partial charge in [0, 0.05) is 18.3 Å². The summed E-state index contributed by atoms with van der Waals surface area (Å²) in [6, 6.07) is 2.14. The fourth-order valence-electron chi connectivity index (χ4n) is 2.20. The molecule has 0 radical (unpaired) electrons. The molecule has 2 rings (SSSR count). The van der Waals surface area contributed by atoms with Gasteiger partial charge in [-0.2, -0.15) is 10.2 Å². The molecule has 0 amide bonds. The van der Waals surface area contributed by atoms with Crippen molar-refractivity contribution in [3.8, 4) is 6.07 Å². The average Bonchev–Trinajstić information content (AvgIpc) is 2.94. The monoisotopic (exact) mass is 219 g/mol. The maximum Gasteiger partial charge on any atom is 0.229 e. The summed E-state index contributed by atoms with van der Waals surface area (Å²) in [5.41, 5.74) is 0. The van der Waals surface area contributed by atoms with Gasteiger partial charge in [0.25, 0.3) is 0 Å². The predicted molar refractivity (Wildman–Crippen MR) is 58.8 cm³/mol. The molecule has 86 valence electrons. The molecule has 1 aromatic rings. The standard InChI is InChI=1S/C12H17N3O/c1-9(5-4-8-13)12-14-11(15-16-12)10-6-2-3-7-10/h9-10H,2-7H2,1H3. The Morgan fingerprint density at radius 1 is 1.50 bits per heavy atom. The summed E-state index contributed by atoms with van der Waals surface area (Å²) in [6.45, 7) is 2.03. The van der Waals surface area contributed by atoms with Crippen LogP contribution in [0.2, 0.25) is 0 Å². The third kappa shape index (κ3) is 2.41. The lowest BCUT2D eigenvalue weighted by Crippen LogP contribution is -1.97. The van der Waals surface area contributed by atoms with E-state index in [0.717, 1.165) is 12.2 Å². The molecule has 0 bridgehead atoms. The van der Waals surface area contributed by atoms with E-state index in [2.05, 4.69) is 16.2 Å². The first-order valence-electron chi connectivity index (χ1n) is 6.01. The number of aromatic nitrogens is 2. The van der Waals surface area contributed by atoms with Gasteiger partial charge in [-0.15, -0.1) is 0 Å². The summed E-state index contributed by atoms with van der Waals surface area (Å²) in [4.78, 5) is 4.46. The van der Waals surface area contributed by atoms with Gasteiger partial charge in [0.15, 0.2) is 5.82 Å². The summed E-state index contributed by atoms with van der Waals surface area (Å²) < 4.78 is 5.27. The second kappa shape index (κ2) is 5.11. The van der Waals surface area contributed by atoms with Gasteiger partial charge < -0.3 is 4.52 Å². The third-order valence-electron chi connectivity index (χ3n) is 3.29. The minimum atomic E-state index is 0.197. The van der Waals surface area contributed by atoms with Gasteiger partial charge in [-0.1, -0.05) is 24.9 Å². The third-order valence-corrected chi connectivity index (χ3v) is 3.29. The summed E-state index contributed by atoms with van der Waals surface area (Å²) in [5, 5.41) is 12.6. The van der Waals surface area contributed by atoms with E-state index in [4.69, 9.17) is 9.78 Å². The molecule has 1 heterocycles. The van der Waals surface area contributed by atoms with Crippen molar-refractivity contribution in [3.05, 3.63) is 11.7 Å². The summed E-state index contributed by atoms with van der Waals surface area (Å²) >= 11 is 0. The Morgan fingerprint density at radius 3 is 2.94 bits per heavy atom. The molecule has 1 atom stereocenters. The van der Waals surface area contributed by atoms with Crippen molar-refractivity contribution in [2.45, 2.75) is 57.3 Å². The highest BCUT2D eigenvalue weighted by Crippen LogP contribution is 2.33. The van der Waals surface area contributed by atoms with Crippen LogP contribution in [0, 0.1) is 11.3 Å². The van der Waals surface area contributed by atoms with Gasteiger partial charge in [0.2, 0.25) is 5.89 Å². The second-order valence-electron chi connectivity index (χ2n) is 4.57. The molecule has 1 aliphatic carbocycles. The van der Waals surface area contributed by atoms with Crippen LogP contribution in [0.1, 0.15) is 69.0 Å². The average molecular weight is 219 g/mol. The van der Waals surface area contributed by atoms with Crippen molar-refractivity contribution >= 4 is 0 Å². The van der Waals surface area contributed by atoms with Crippen molar-refractivity contribution in [2.24, 2.45) is 0 Å². The van der Waals surface area contributed by atoms with Crippen LogP contribution >= 0.6 is 0 Å². The Labute approximate surface area is 95.7 Å². The number of rotatable bonds is 4. The van der Waals surface area contributed by atoms with Crippen LogP contribution in [-0.4, -0.2) is 10.1 Å². The zero-order valence-corrected chi connectivity index (χ0v) is 9.65. The zero-order valence-electron chi connectivity index (χ0n) is 9.65. The molecule has 4 heteroatoms. The largest absolute Gasteiger partial charge is 0.339 e. The number of hydrogen-bond donors (Lipinski definition) is 0. The zero-order chi connectivity index (χ0) is 11.4. The van der Waals surface area contributed by atoms with Crippen LogP contribution in [0.3, 0.4) is 0 Å². The van der Waals surface area contributed by atoms with Gasteiger partial charge >= 0.3 is 0 Å². The fraction of sp³-hybridized carbons (Fsp3) is 0.750. The molecule has 0 saturated heterocycles. The fourth-order valence-corrected chi connectivity index (χ4v) is 2.20. The van der Waals surface area contributed by atoms with Gasteiger partial charge in [-0.3, -0.25) is 0 Å². The van der Waals surface area contributed by atoms with Crippen LogP contribution in [0.4, 0.5) is 0 Å². The highest BCUT2D eigenvalue weighted by atomic mass is 16.5. The molecule has 0 aliphatic heterocycles. The SMILES string of the molecule is CC(CCC#N)c1nc(C2CCCC2)no1. The first kappa shape index (κ1) is 11.1. The first-order valence-corrected chi connectivity index (χ1v) is 6.01. The molecule has 0 aromatic carbocycles. The molecule has 16 heavy (non-hydrogen) atoms.